The second kappa shape index (κ2) is 7.23. The minimum atomic E-state index is -0.589. The van der Waals surface area contributed by atoms with Crippen molar-refractivity contribution in [3.63, 3.8) is 0 Å². The summed E-state index contributed by atoms with van der Waals surface area (Å²) in [7, 11) is 2.86. The number of aliphatic imine (C=N–C) groups is 1. The highest BCUT2D eigenvalue weighted by Gasteiger charge is 2.32. The summed E-state index contributed by atoms with van der Waals surface area (Å²) in [6, 6.07) is 0. The van der Waals surface area contributed by atoms with Crippen LogP contribution in [0.2, 0.25) is 0 Å². The van der Waals surface area contributed by atoms with Crippen molar-refractivity contribution < 1.29 is 19.2 Å². The Morgan fingerprint density at radius 2 is 2.15 bits per heavy atom. The molecular weight excluding hydrogens is 300 g/mol. The maximum atomic E-state index is 11.5. The summed E-state index contributed by atoms with van der Waals surface area (Å²) in [5, 5.41) is 1.36. The lowest BCUT2D eigenvalue weighted by Gasteiger charge is -2.11. The molecule has 0 bridgehead atoms. The lowest BCUT2D eigenvalue weighted by molar-refractivity contribution is -0.197. The average molecular weight is 311 g/mol. The number of nitrogens with zero attached hydrogens (tertiary/aromatic N) is 2. The Labute approximate surface area is 123 Å². The Morgan fingerprint density at radius 1 is 1.40 bits per heavy atom. The van der Waals surface area contributed by atoms with Crippen molar-refractivity contribution >= 4 is 44.4 Å². The molecule has 104 valence electrons. The van der Waals surface area contributed by atoms with Gasteiger partial charge in [0.25, 0.3) is 11.8 Å². The van der Waals surface area contributed by atoms with Gasteiger partial charge in [-0.25, -0.2) is 4.79 Å². The van der Waals surface area contributed by atoms with E-state index in [1.165, 1.54) is 21.6 Å². The van der Waals surface area contributed by atoms with Crippen LogP contribution in [0.5, 0.6) is 0 Å². The predicted molar refractivity (Wildman–Crippen MR) is 76.2 cm³/mol. The van der Waals surface area contributed by atoms with Crippen molar-refractivity contribution in [3.05, 3.63) is 24.4 Å². The summed E-state index contributed by atoms with van der Waals surface area (Å²) in [6.07, 6.45) is 8.32. The van der Waals surface area contributed by atoms with E-state index in [4.69, 9.17) is 4.84 Å². The Kier molecular flexibility index (Phi) is 5.34. The van der Waals surface area contributed by atoms with Crippen LogP contribution >= 0.6 is 21.6 Å². The summed E-state index contributed by atoms with van der Waals surface area (Å²) in [6.45, 7) is 0. The number of hydrogen-bond donors (Lipinski definition) is 0. The van der Waals surface area contributed by atoms with Crippen molar-refractivity contribution in [2.24, 2.45) is 4.99 Å². The molecule has 2 heterocycles. The van der Waals surface area contributed by atoms with E-state index >= 15 is 0 Å². The molecule has 0 saturated carbocycles. The van der Waals surface area contributed by atoms with Gasteiger partial charge in [0.15, 0.2) is 0 Å². The highest BCUT2D eigenvalue weighted by Crippen LogP contribution is 2.25. The Hall–Kier alpha value is -1.63. The Bertz CT molecular complexity index is 498. The maximum absolute atomic E-state index is 11.5. The van der Waals surface area contributed by atoms with Crippen LogP contribution in [0.15, 0.2) is 23.3 Å². The van der Waals surface area contributed by atoms with Gasteiger partial charge < -0.3 is 4.84 Å². The lowest BCUT2D eigenvalue weighted by atomic mass is 10.4. The van der Waals surface area contributed by atoms with Crippen molar-refractivity contribution in [1.29, 1.82) is 0 Å². The molecule has 2 aliphatic rings. The van der Waals surface area contributed by atoms with Gasteiger partial charge in [-0.15, -0.1) is 10.1 Å². The fourth-order valence-electron chi connectivity index (χ4n) is 1.39. The van der Waals surface area contributed by atoms with Crippen LogP contribution in [0.4, 0.5) is 0 Å². The fourth-order valence-corrected chi connectivity index (χ4v) is 3.20. The second-order valence-electron chi connectivity index (χ2n) is 3.79. The van der Waals surface area contributed by atoms with Crippen molar-refractivity contribution in [2.45, 2.75) is 19.3 Å². The summed E-state index contributed by atoms with van der Waals surface area (Å²) in [5.74, 6) is -1.02. The fraction of sp³-hybridized carbons (Fsp3) is 0.333. The van der Waals surface area contributed by atoms with Gasteiger partial charge in [0, 0.05) is 35.5 Å². The van der Waals surface area contributed by atoms with E-state index in [1.807, 2.05) is 0 Å². The number of hydroxylamine groups is 2. The SMILES string of the molecule is O=C(CCSSC1=NC=C[C+]=C1)ON1C(=O)CCC1=O. The van der Waals surface area contributed by atoms with E-state index in [0.29, 0.717) is 10.8 Å². The molecule has 0 spiro atoms. The number of carbonyl (C=O) groups is 3. The summed E-state index contributed by atoms with van der Waals surface area (Å²) in [4.78, 5) is 42.8. The monoisotopic (exact) mass is 311 g/mol. The Morgan fingerprint density at radius 3 is 2.80 bits per heavy atom. The van der Waals surface area contributed by atoms with Crippen LogP contribution in [0.25, 0.3) is 0 Å². The van der Waals surface area contributed by atoms with Crippen LogP contribution < -0.4 is 0 Å². The number of amides is 2. The van der Waals surface area contributed by atoms with Gasteiger partial charge in [0.1, 0.15) is 18.4 Å². The van der Waals surface area contributed by atoms with Crippen LogP contribution in [0.1, 0.15) is 19.3 Å². The molecule has 0 aliphatic carbocycles. The molecule has 1 saturated heterocycles. The molecule has 0 radical (unpaired) electrons. The number of rotatable bonds is 5. The number of hydrogen-bond acceptors (Lipinski definition) is 7. The van der Waals surface area contributed by atoms with Gasteiger partial charge in [-0.3, -0.25) is 9.59 Å². The van der Waals surface area contributed by atoms with Crippen LogP contribution in [0.3, 0.4) is 0 Å². The topological polar surface area (TPSA) is 76.0 Å². The van der Waals surface area contributed by atoms with Gasteiger partial charge in [-0.1, -0.05) is 10.8 Å². The van der Waals surface area contributed by atoms with E-state index < -0.39 is 17.8 Å². The van der Waals surface area contributed by atoms with E-state index in [9.17, 15) is 14.4 Å². The first-order chi connectivity index (χ1) is 9.66. The maximum Gasteiger partial charge on any atom is 0.334 e. The lowest BCUT2D eigenvalue weighted by Crippen LogP contribution is -2.32. The second-order valence-corrected chi connectivity index (χ2v) is 6.23. The molecule has 2 rings (SSSR count). The first-order valence-corrected chi connectivity index (χ1v) is 8.17. The molecule has 0 atom stereocenters. The van der Waals surface area contributed by atoms with Gasteiger partial charge in [-0.2, -0.15) is 0 Å². The third-order valence-corrected chi connectivity index (χ3v) is 4.56. The van der Waals surface area contributed by atoms with Gasteiger partial charge in [-0.05, 0) is 0 Å². The molecule has 2 aliphatic heterocycles. The molecule has 20 heavy (non-hydrogen) atoms. The highest BCUT2D eigenvalue weighted by atomic mass is 33.1. The number of imide groups is 1. The highest BCUT2D eigenvalue weighted by molar-refractivity contribution is 8.82. The molecule has 0 unspecified atom stereocenters. The minimum Gasteiger partial charge on any atom is -0.330 e. The molecule has 0 aromatic heterocycles. The van der Waals surface area contributed by atoms with E-state index in [1.54, 1.807) is 18.4 Å². The molecular formula is C12H11N2O4S2+. The van der Waals surface area contributed by atoms with Crippen LogP contribution in [0, 0.1) is 6.08 Å². The zero-order valence-corrected chi connectivity index (χ0v) is 12.0. The van der Waals surface area contributed by atoms with Crippen molar-refractivity contribution in [2.75, 3.05) is 5.75 Å². The molecule has 1 fully saturated rings. The van der Waals surface area contributed by atoms with Crippen molar-refractivity contribution in [1.82, 2.24) is 5.06 Å². The van der Waals surface area contributed by atoms with E-state index in [0.717, 1.165) is 5.04 Å². The normalized spacial score (nSPS) is 17.2. The minimum absolute atomic E-state index is 0.104. The quantitative estimate of drug-likeness (QED) is 0.332. The third-order valence-electron chi connectivity index (χ3n) is 2.31. The average Bonchev–Trinajstić information content (AvgIpc) is 2.77. The smallest absolute Gasteiger partial charge is 0.330 e. The predicted octanol–water partition coefficient (Wildman–Crippen LogP) is 1.65. The molecule has 0 N–H and O–H groups in total. The van der Waals surface area contributed by atoms with E-state index in [-0.39, 0.29) is 19.3 Å². The molecule has 6 nitrogen and oxygen atoms in total. The molecule has 0 aromatic rings. The summed E-state index contributed by atoms with van der Waals surface area (Å²) in [5.41, 5.74) is 0. The van der Waals surface area contributed by atoms with Gasteiger partial charge in [0.2, 0.25) is 5.04 Å². The number of allylic oxidation sites excluding steroid dienone is 2. The zero-order chi connectivity index (χ0) is 14.4. The molecule has 0 aromatic carbocycles. The van der Waals surface area contributed by atoms with Gasteiger partial charge in [0.05, 0.1) is 6.42 Å². The Balaban J connectivity index is 1.64. The van der Waals surface area contributed by atoms with Gasteiger partial charge >= 0.3 is 5.97 Å². The zero-order valence-electron chi connectivity index (χ0n) is 10.4. The van der Waals surface area contributed by atoms with Crippen LogP contribution in [-0.2, 0) is 19.2 Å². The molecule has 8 heteroatoms. The first kappa shape index (κ1) is 14.8. The summed E-state index contributed by atoms with van der Waals surface area (Å²) < 4.78 is 0. The third kappa shape index (κ3) is 4.19. The summed E-state index contributed by atoms with van der Waals surface area (Å²) >= 11 is 0. The van der Waals surface area contributed by atoms with Crippen LogP contribution in [-0.4, -0.2) is 33.6 Å². The first-order valence-electron chi connectivity index (χ1n) is 5.85. The standard InChI is InChI=1S/C12H11N2O4S2/c15-10-4-5-11(16)14(10)18-12(17)6-8-19-20-9-3-1-2-7-13-9/h2-3,7H,4-6,8H2/q+1. The molecule has 2 amide bonds. The van der Waals surface area contributed by atoms with Crippen molar-refractivity contribution in [3.8, 4) is 0 Å². The van der Waals surface area contributed by atoms with E-state index in [2.05, 4.69) is 11.1 Å². The largest absolute Gasteiger partial charge is 0.334 e. The number of carbonyl (C=O) groups excluding carboxylic acids is 3.